The second kappa shape index (κ2) is 9.12. The van der Waals surface area contributed by atoms with Gasteiger partial charge < -0.3 is 29.5 Å². The molecule has 2 aromatic rings. The highest BCUT2D eigenvalue weighted by molar-refractivity contribution is 6.52. The lowest BCUT2D eigenvalue weighted by molar-refractivity contribution is -0.112. The van der Waals surface area contributed by atoms with E-state index in [1.54, 1.807) is 6.92 Å². The zero-order chi connectivity index (χ0) is 27.3. The maximum absolute atomic E-state index is 13.2. The summed E-state index contributed by atoms with van der Waals surface area (Å²) in [6.07, 6.45) is 1.24. The number of benzene rings is 2. The molecule has 0 radical (unpaired) electrons. The predicted octanol–water partition coefficient (Wildman–Crippen LogP) is 3.42. The van der Waals surface area contributed by atoms with E-state index >= 15 is 0 Å². The molecule has 0 heterocycles. The van der Waals surface area contributed by atoms with Crippen LogP contribution in [-0.4, -0.2) is 59.8 Å². The molecule has 0 amide bonds. The van der Waals surface area contributed by atoms with Crippen LogP contribution in [0.4, 0.5) is 0 Å². The van der Waals surface area contributed by atoms with Crippen LogP contribution in [0, 0.1) is 0 Å². The number of ketones is 4. The number of methoxy groups -OCH3 is 3. The van der Waals surface area contributed by atoms with Crippen molar-refractivity contribution in [1.29, 1.82) is 0 Å². The molecular formula is C27H24O10. The summed E-state index contributed by atoms with van der Waals surface area (Å²) in [7, 11) is 3.83. The van der Waals surface area contributed by atoms with E-state index in [9.17, 15) is 34.5 Å². The number of aromatic hydroxyl groups is 2. The third-order valence-corrected chi connectivity index (χ3v) is 6.71. The van der Waals surface area contributed by atoms with Crippen LogP contribution in [0.25, 0.3) is 5.76 Å². The molecule has 2 aliphatic carbocycles. The summed E-state index contributed by atoms with van der Waals surface area (Å²) in [5.74, 6) is -6.48. The first-order valence-corrected chi connectivity index (χ1v) is 11.3. The van der Waals surface area contributed by atoms with Gasteiger partial charge in [-0.2, -0.15) is 0 Å². The van der Waals surface area contributed by atoms with Crippen molar-refractivity contribution >= 4 is 28.9 Å². The maximum atomic E-state index is 13.2. The number of allylic oxidation sites excluding steroid dienone is 3. The quantitative estimate of drug-likeness (QED) is 0.494. The summed E-state index contributed by atoms with van der Waals surface area (Å²) in [4.78, 5) is 51.8. The van der Waals surface area contributed by atoms with E-state index in [1.807, 2.05) is 0 Å². The van der Waals surface area contributed by atoms with Crippen molar-refractivity contribution in [3.8, 4) is 23.0 Å². The van der Waals surface area contributed by atoms with Gasteiger partial charge in [0.25, 0.3) is 0 Å². The van der Waals surface area contributed by atoms with Crippen LogP contribution in [0.5, 0.6) is 23.0 Å². The molecule has 0 saturated heterocycles. The summed E-state index contributed by atoms with van der Waals surface area (Å²) in [6.45, 7) is 3.15. The van der Waals surface area contributed by atoms with Gasteiger partial charge in [-0.3, -0.25) is 19.2 Å². The minimum absolute atomic E-state index is 0.0678. The van der Waals surface area contributed by atoms with Gasteiger partial charge in [-0.25, -0.2) is 0 Å². The standard InChI is InChI=1S/C27H24O10/c1-6-11-15(35-3)7-13-21(23(11)30)26(33)19(27(34)24(13)31)10(2)18-16(36-4)8-12-20(25(18)32)14(28)9-17(37-5)22(12)29/h7-10,30,32-33H,6H2,1-5H3. The highest BCUT2D eigenvalue weighted by Crippen LogP contribution is 2.48. The average Bonchev–Trinajstić information content (AvgIpc) is 2.87. The second-order valence-corrected chi connectivity index (χ2v) is 8.49. The van der Waals surface area contributed by atoms with Crippen LogP contribution in [0.2, 0.25) is 0 Å². The van der Waals surface area contributed by atoms with E-state index in [4.69, 9.17) is 14.2 Å². The Bertz CT molecular complexity index is 1470. The topological polar surface area (TPSA) is 157 Å². The van der Waals surface area contributed by atoms with Crippen LogP contribution in [0.15, 0.2) is 29.5 Å². The lowest BCUT2D eigenvalue weighted by Gasteiger charge is -2.27. The van der Waals surface area contributed by atoms with Gasteiger partial charge >= 0.3 is 0 Å². The Kier molecular flexibility index (Phi) is 6.29. The molecule has 0 aliphatic heterocycles. The first kappa shape index (κ1) is 25.5. The Morgan fingerprint density at radius 3 is 1.95 bits per heavy atom. The zero-order valence-corrected chi connectivity index (χ0v) is 20.7. The van der Waals surface area contributed by atoms with E-state index in [0.717, 1.165) is 6.08 Å². The number of carbonyl (C=O) groups excluding carboxylic acids is 4. The Balaban J connectivity index is 1.99. The predicted molar refractivity (Wildman–Crippen MR) is 130 cm³/mol. The summed E-state index contributed by atoms with van der Waals surface area (Å²) < 4.78 is 15.5. The van der Waals surface area contributed by atoms with Crippen molar-refractivity contribution < 1.29 is 48.7 Å². The molecule has 37 heavy (non-hydrogen) atoms. The molecule has 1 unspecified atom stereocenters. The molecular weight excluding hydrogens is 484 g/mol. The number of Topliss-reactive ketones (excluding diaryl/α,β-unsaturated/α-hetero) is 3. The fourth-order valence-corrected chi connectivity index (χ4v) is 4.88. The van der Waals surface area contributed by atoms with Crippen molar-refractivity contribution in [1.82, 2.24) is 0 Å². The number of phenols is 2. The molecule has 10 nitrogen and oxygen atoms in total. The number of ether oxygens (including phenoxy) is 3. The van der Waals surface area contributed by atoms with Crippen LogP contribution >= 0.6 is 0 Å². The summed E-state index contributed by atoms with van der Waals surface area (Å²) in [6, 6.07) is 2.51. The van der Waals surface area contributed by atoms with Crippen molar-refractivity contribution in [2.24, 2.45) is 0 Å². The number of hydrogen-bond donors (Lipinski definition) is 3. The number of fused-ring (bicyclic) bond motifs is 2. The number of carbonyl (C=O) groups is 4. The first-order valence-electron chi connectivity index (χ1n) is 11.3. The number of aliphatic hydroxyl groups is 1. The van der Waals surface area contributed by atoms with E-state index in [2.05, 4.69) is 0 Å². The lowest BCUT2D eigenvalue weighted by atomic mass is 9.77. The van der Waals surface area contributed by atoms with Crippen molar-refractivity contribution in [2.45, 2.75) is 26.2 Å². The fraction of sp³-hybridized carbons (Fsp3) is 0.259. The van der Waals surface area contributed by atoms with Gasteiger partial charge in [-0.05, 0) is 18.6 Å². The van der Waals surface area contributed by atoms with Gasteiger partial charge in [-0.1, -0.05) is 13.8 Å². The number of rotatable bonds is 6. The molecule has 0 fully saturated rings. The second-order valence-electron chi connectivity index (χ2n) is 8.49. The number of hydrogen-bond acceptors (Lipinski definition) is 10. The fourth-order valence-electron chi connectivity index (χ4n) is 4.88. The van der Waals surface area contributed by atoms with Crippen molar-refractivity contribution in [2.75, 3.05) is 21.3 Å². The molecule has 10 heteroatoms. The third-order valence-electron chi connectivity index (χ3n) is 6.71. The number of phenolic OH excluding ortho intramolecular Hbond substituents is 2. The van der Waals surface area contributed by atoms with Crippen LogP contribution < -0.4 is 9.47 Å². The molecule has 0 spiro atoms. The Hall–Kier alpha value is -4.60. The molecule has 0 bridgehead atoms. The minimum Gasteiger partial charge on any atom is -0.507 e. The lowest BCUT2D eigenvalue weighted by Crippen LogP contribution is -2.28. The third kappa shape index (κ3) is 3.55. The Labute approximate surface area is 211 Å². The minimum atomic E-state index is -1.20. The molecule has 0 saturated carbocycles. The monoisotopic (exact) mass is 508 g/mol. The first-order chi connectivity index (χ1) is 17.5. The molecule has 1 atom stereocenters. The number of aliphatic hydroxyl groups excluding tert-OH is 1. The highest BCUT2D eigenvalue weighted by atomic mass is 16.5. The summed E-state index contributed by atoms with van der Waals surface area (Å²) >= 11 is 0. The van der Waals surface area contributed by atoms with E-state index in [1.165, 1.54) is 40.4 Å². The SMILES string of the molecule is CCc1c(OC)cc2c(c1O)C(O)=C(C(C)c1c(OC)cc3c(c1O)C(=O)C=C(OC)C3=O)C(=O)C2=O. The smallest absolute Gasteiger partial charge is 0.234 e. The normalized spacial score (nSPS) is 15.8. The van der Waals surface area contributed by atoms with E-state index < -0.39 is 51.9 Å². The van der Waals surface area contributed by atoms with Gasteiger partial charge in [0.15, 0.2) is 11.5 Å². The van der Waals surface area contributed by atoms with Crippen molar-refractivity contribution in [3.63, 3.8) is 0 Å². The average molecular weight is 508 g/mol. The molecule has 2 aromatic carbocycles. The van der Waals surface area contributed by atoms with Crippen LogP contribution in [-0.2, 0) is 16.0 Å². The Morgan fingerprint density at radius 2 is 1.38 bits per heavy atom. The van der Waals surface area contributed by atoms with Gasteiger partial charge in [-0.15, -0.1) is 0 Å². The largest absolute Gasteiger partial charge is 0.507 e. The summed E-state index contributed by atoms with van der Waals surface area (Å²) in [5.41, 5.74) is -1.17. The molecule has 0 aromatic heterocycles. The van der Waals surface area contributed by atoms with Gasteiger partial charge in [0, 0.05) is 34.2 Å². The summed E-state index contributed by atoms with van der Waals surface area (Å²) in [5, 5.41) is 33.2. The molecule has 3 N–H and O–H groups in total. The Morgan fingerprint density at radius 1 is 0.784 bits per heavy atom. The van der Waals surface area contributed by atoms with Gasteiger partial charge in [0.1, 0.15) is 28.8 Å². The highest BCUT2D eigenvalue weighted by Gasteiger charge is 2.42. The molecule has 4 rings (SSSR count). The molecule has 2 aliphatic rings. The van der Waals surface area contributed by atoms with E-state index in [-0.39, 0.29) is 45.1 Å². The maximum Gasteiger partial charge on any atom is 0.234 e. The van der Waals surface area contributed by atoms with Crippen molar-refractivity contribution in [3.05, 3.63) is 62.9 Å². The van der Waals surface area contributed by atoms with E-state index in [0.29, 0.717) is 12.0 Å². The molecule has 192 valence electrons. The van der Waals surface area contributed by atoms with Crippen LogP contribution in [0.3, 0.4) is 0 Å². The van der Waals surface area contributed by atoms with Gasteiger partial charge in [0.05, 0.1) is 38.0 Å². The van der Waals surface area contributed by atoms with Crippen LogP contribution in [0.1, 0.15) is 67.5 Å². The zero-order valence-electron chi connectivity index (χ0n) is 20.7. The van der Waals surface area contributed by atoms with Gasteiger partial charge in [0.2, 0.25) is 17.3 Å².